The van der Waals surface area contributed by atoms with Crippen LogP contribution >= 0.6 is 0 Å². The molecule has 3 rings (SSSR count). The van der Waals surface area contributed by atoms with Crippen molar-refractivity contribution in [2.24, 2.45) is 0 Å². The van der Waals surface area contributed by atoms with Crippen LogP contribution in [0.5, 0.6) is 0 Å². The van der Waals surface area contributed by atoms with Crippen molar-refractivity contribution in [3.8, 4) is 0 Å². The van der Waals surface area contributed by atoms with Gasteiger partial charge in [-0.3, -0.25) is 14.2 Å². The van der Waals surface area contributed by atoms with Crippen LogP contribution in [0.2, 0.25) is 0 Å². The van der Waals surface area contributed by atoms with Gasteiger partial charge in [-0.05, 0) is 44.0 Å². The summed E-state index contributed by atoms with van der Waals surface area (Å²) in [4.78, 5) is 38.6. The van der Waals surface area contributed by atoms with E-state index in [0.29, 0.717) is 24.1 Å². The van der Waals surface area contributed by atoms with E-state index in [1.54, 1.807) is 12.1 Å². The molecule has 1 amide bonds. The normalized spacial score (nSPS) is 11.0. The lowest BCUT2D eigenvalue weighted by Gasteiger charge is -2.08. The minimum absolute atomic E-state index is 0.162. The molecule has 26 heavy (non-hydrogen) atoms. The van der Waals surface area contributed by atoms with Gasteiger partial charge in [0.25, 0.3) is 5.56 Å². The van der Waals surface area contributed by atoms with Crippen molar-refractivity contribution in [3.63, 3.8) is 0 Å². The van der Waals surface area contributed by atoms with Gasteiger partial charge in [0, 0.05) is 30.8 Å². The third-order valence-corrected chi connectivity index (χ3v) is 4.32. The van der Waals surface area contributed by atoms with E-state index in [4.69, 9.17) is 4.42 Å². The Balaban J connectivity index is 1.56. The number of nitrogens with one attached hydrogen (secondary N) is 2. The van der Waals surface area contributed by atoms with Gasteiger partial charge in [0.15, 0.2) is 5.58 Å². The summed E-state index contributed by atoms with van der Waals surface area (Å²) in [6.07, 6.45) is 0.757. The van der Waals surface area contributed by atoms with Gasteiger partial charge in [0.05, 0.1) is 5.52 Å². The Labute approximate surface area is 149 Å². The molecule has 0 aliphatic heterocycles. The third-order valence-electron chi connectivity index (χ3n) is 4.32. The first kappa shape index (κ1) is 17.7. The Hall–Kier alpha value is -3.09. The maximum absolute atomic E-state index is 12.0. The zero-order valence-electron chi connectivity index (χ0n) is 14.8. The first-order valence-electron chi connectivity index (χ1n) is 8.50. The average molecular weight is 355 g/mol. The van der Waals surface area contributed by atoms with E-state index in [1.165, 1.54) is 4.57 Å². The molecule has 3 aromatic rings. The lowest BCUT2D eigenvalue weighted by atomic mass is 10.1. The zero-order chi connectivity index (χ0) is 18.7. The first-order valence-corrected chi connectivity index (χ1v) is 8.50. The second-order valence-corrected chi connectivity index (χ2v) is 6.31. The van der Waals surface area contributed by atoms with E-state index in [2.05, 4.69) is 10.3 Å². The second-order valence-electron chi connectivity index (χ2n) is 6.31. The highest BCUT2D eigenvalue weighted by atomic mass is 16.4. The summed E-state index contributed by atoms with van der Waals surface area (Å²) in [7, 11) is 0. The van der Waals surface area contributed by atoms with Crippen LogP contribution in [0.25, 0.3) is 11.1 Å². The van der Waals surface area contributed by atoms with Crippen molar-refractivity contribution in [3.05, 3.63) is 68.1 Å². The predicted molar refractivity (Wildman–Crippen MR) is 98.1 cm³/mol. The lowest BCUT2D eigenvalue weighted by molar-refractivity contribution is -0.121. The highest BCUT2D eigenvalue weighted by Crippen LogP contribution is 2.12. The lowest BCUT2D eigenvalue weighted by Crippen LogP contribution is -2.28. The molecule has 0 atom stereocenters. The number of fused-ring (bicyclic) bond motifs is 1. The number of carbonyl (C=O) groups excluding carboxylic acids is 1. The number of aryl methyl sites for hydroxylation is 3. The number of aromatic nitrogens is 2. The van der Waals surface area contributed by atoms with E-state index in [-0.39, 0.29) is 24.4 Å². The minimum Gasteiger partial charge on any atom is -0.408 e. The Kier molecular flexibility index (Phi) is 5.06. The molecule has 1 aromatic carbocycles. The van der Waals surface area contributed by atoms with E-state index in [1.807, 2.05) is 32.0 Å². The van der Waals surface area contributed by atoms with Crippen LogP contribution < -0.4 is 16.6 Å². The number of benzene rings is 1. The summed E-state index contributed by atoms with van der Waals surface area (Å²) < 4.78 is 6.69. The van der Waals surface area contributed by atoms with Crippen LogP contribution in [0.3, 0.4) is 0 Å². The number of nitrogens with zero attached hydrogens (tertiary/aromatic N) is 1. The first-order chi connectivity index (χ1) is 12.5. The minimum atomic E-state index is -0.423. The molecule has 0 saturated carbocycles. The quantitative estimate of drug-likeness (QED) is 0.707. The van der Waals surface area contributed by atoms with E-state index >= 15 is 0 Å². The van der Waals surface area contributed by atoms with Gasteiger partial charge < -0.3 is 14.7 Å². The van der Waals surface area contributed by atoms with Crippen LogP contribution in [-0.2, 0) is 17.9 Å². The average Bonchev–Trinajstić information content (AvgIpc) is 2.89. The number of hydrogen-bond acceptors (Lipinski definition) is 4. The van der Waals surface area contributed by atoms with Crippen molar-refractivity contribution in [2.45, 2.75) is 39.8 Å². The molecule has 2 heterocycles. The van der Waals surface area contributed by atoms with E-state index in [0.717, 1.165) is 16.8 Å². The summed E-state index contributed by atoms with van der Waals surface area (Å²) in [6, 6.07) is 9.06. The molecule has 0 aliphatic carbocycles. The molecule has 0 radical (unpaired) electrons. The summed E-state index contributed by atoms with van der Waals surface area (Å²) >= 11 is 0. The van der Waals surface area contributed by atoms with E-state index in [9.17, 15) is 14.4 Å². The maximum Gasteiger partial charge on any atom is 0.419 e. The Morgan fingerprint density at radius 1 is 1.23 bits per heavy atom. The predicted octanol–water partition coefficient (Wildman–Crippen LogP) is 2.00. The molecule has 136 valence electrons. The third kappa shape index (κ3) is 3.77. The second kappa shape index (κ2) is 7.43. The summed E-state index contributed by atoms with van der Waals surface area (Å²) in [6.45, 7) is 4.25. The number of oxazole rings is 1. The molecular weight excluding hydrogens is 334 g/mol. The SMILES string of the molecule is Cc1cc(C)c(CNC(=O)CCCn2c(=O)oc3ccccc32)c(=O)[nH]1. The van der Waals surface area contributed by atoms with Crippen LogP contribution in [0.4, 0.5) is 0 Å². The van der Waals surface area contributed by atoms with Crippen molar-refractivity contribution in [1.29, 1.82) is 0 Å². The Morgan fingerprint density at radius 3 is 2.77 bits per heavy atom. The van der Waals surface area contributed by atoms with Gasteiger partial charge in [-0.25, -0.2) is 4.79 Å². The Morgan fingerprint density at radius 2 is 2.00 bits per heavy atom. The maximum atomic E-state index is 12.0. The van der Waals surface area contributed by atoms with Crippen LogP contribution in [0.15, 0.2) is 44.3 Å². The highest BCUT2D eigenvalue weighted by molar-refractivity contribution is 5.76. The number of rotatable bonds is 6. The number of para-hydroxylation sites is 2. The van der Waals surface area contributed by atoms with Gasteiger partial charge in [-0.1, -0.05) is 12.1 Å². The molecule has 0 unspecified atom stereocenters. The molecule has 2 aromatic heterocycles. The van der Waals surface area contributed by atoms with Crippen molar-refractivity contribution in [2.75, 3.05) is 0 Å². The smallest absolute Gasteiger partial charge is 0.408 e. The molecule has 0 bridgehead atoms. The molecule has 7 heteroatoms. The fourth-order valence-corrected chi connectivity index (χ4v) is 3.00. The summed E-state index contributed by atoms with van der Waals surface area (Å²) in [5, 5.41) is 2.76. The van der Waals surface area contributed by atoms with Crippen LogP contribution in [0.1, 0.15) is 29.7 Å². The van der Waals surface area contributed by atoms with E-state index < -0.39 is 5.76 Å². The van der Waals surface area contributed by atoms with Gasteiger partial charge >= 0.3 is 5.76 Å². The van der Waals surface area contributed by atoms with Crippen molar-refractivity contribution in [1.82, 2.24) is 14.9 Å². The summed E-state index contributed by atoms with van der Waals surface area (Å²) in [5.74, 6) is -0.585. The molecular formula is C19H21N3O4. The molecule has 7 nitrogen and oxygen atoms in total. The number of H-pyrrole nitrogens is 1. The molecule has 0 spiro atoms. The monoisotopic (exact) mass is 355 g/mol. The van der Waals surface area contributed by atoms with Crippen LogP contribution in [-0.4, -0.2) is 15.5 Å². The topological polar surface area (TPSA) is 97.1 Å². The highest BCUT2D eigenvalue weighted by Gasteiger charge is 2.10. The van der Waals surface area contributed by atoms with Crippen molar-refractivity contribution >= 4 is 17.0 Å². The summed E-state index contributed by atoms with van der Waals surface area (Å²) in [5.41, 5.74) is 3.28. The zero-order valence-corrected chi connectivity index (χ0v) is 14.8. The largest absolute Gasteiger partial charge is 0.419 e. The number of pyridine rings is 1. The fourth-order valence-electron chi connectivity index (χ4n) is 3.00. The number of aromatic amines is 1. The molecule has 2 N–H and O–H groups in total. The number of carbonyl (C=O) groups is 1. The van der Waals surface area contributed by atoms with Crippen LogP contribution in [0, 0.1) is 13.8 Å². The fraction of sp³-hybridized carbons (Fsp3) is 0.316. The van der Waals surface area contributed by atoms with Gasteiger partial charge in [-0.2, -0.15) is 0 Å². The number of hydrogen-bond donors (Lipinski definition) is 2. The van der Waals surface area contributed by atoms with Gasteiger partial charge in [-0.15, -0.1) is 0 Å². The van der Waals surface area contributed by atoms with Gasteiger partial charge in [0.1, 0.15) is 0 Å². The standard InChI is InChI=1S/C19H21N3O4/c1-12-10-13(2)21-18(24)14(12)11-20-17(23)8-5-9-22-15-6-3-4-7-16(15)26-19(22)25/h3-4,6-7,10H,5,8-9,11H2,1-2H3,(H,20,23)(H,21,24). The molecule has 0 fully saturated rings. The number of amides is 1. The van der Waals surface area contributed by atoms with Crippen molar-refractivity contribution < 1.29 is 9.21 Å². The molecule has 0 aliphatic rings. The molecule has 0 saturated heterocycles. The Bertz CT molecular complexity index is 1060. The van der Waals surface area contributed by atoms with Gasteiger partial charge in [0.2, 0.25) is 5.91 Å².